The molecule has 106 valence electrons. The van der Waals surface area contributed by atoms with E-state index in [0.717, 1.165) is 0 Å². The molecule has 1 rings (SSSR count). The van der Waals surface area contributed by atoms with Gasteiger partial charge in [-0.25, -0.2) is 0 Å². The van der Waals surface area contributed by atoms with Crippen molar-refractivity contribution in [3.8, 4) is 6.07 Å². The Morgan fingerprint density at radius 2 is 2.20 bits per heavy atom. The van der Waals surface area contributed by atoms with Crippen LogP contribution in [0.5, 0.6) is 0 Å². The van der Waals surface area contributed by atoms with Crippen LogP contribution >= 0.6 is 0 Å². The molecule has 0 heterocycles. The van der Waals surface area contributed by atoms with Crippen molar-refractivity contribution in [2.75, 3.05) is 18.0 Å². The highest BCUT2D eigenvalue weighted by molar-refractivity contribution is 5.79. The van der Waals surface area contributed by atoms with E-state index in [1.165, 1.54) is 18.2 Å². The maximum Gasteiger partial charge on any atom is 0.287 e. The minimum Gasteiger partial charge on any atom is -0.368 e. The minimum absolute atomic E-state index is 0.000853. The Morgan fingerprint density at radius 1 is 1.55 bits per heavy atom. The van der Waals surface area contributed by atoms with Gasteiger partial charge in [-0.15, -0.1) is 0 Å². The minimum atomic E-state index is -0.608. The average Bonchev–Trinajstić information content (AvgIpc) is 2.35. The molecule has 0 atom stereocenters. The van der Waals surface area contributed by atoms with Gasteiger partial charge in [-0.1, -0.05) is 13.8 Å². The molecule has 0 saturated carbocycles. The Kier molecular flexibility index (Phi) is 5.03. The Hall–Kier alpha value is -2.62. The predicted octanol–water partition coefficient (Wildman–Crippen LogP) is 1.41. The number of nitro benzene ring substituents is 1. The summed E-state index contributed by atoms with van der Waals surface area (Å²) in [5, 5.41) is 19.8. The van der Waals surface area contributed by atoms with Crippen LogP contribution in [-0.2, 0) is 4.79 Å². The van der Waals surface area contributed by atoms with Gasteiger partial charge in [0, 0.05) is 18.3 Å². The third-order valence-electron chi connectivity index (χ3n) is 2.59. The van der Waals surface area contributed by atoms with Crippen molar-refractivity contribution < 1.29 is 9.72 Å². The fraction of sp³-hybridized carbons (Fsp3) is 0.385. The molecule has 20 heavy (non-hydrogen) atoms. The summed E-state index contributed by atoms with van der Waals surface area (Å²) in [6.45, 7) is 4.52. The number of primary amides is 1. The van der Waals surface area contributed by atoms with Crippen LogP contribution in [0, 0.1) is 27.4 Å². The molecule has 0 aromatic heterocycles. The molecule has 0 saturated heterocycles. The van der Waals surface area contributed by atoms with Gasteiger partial charge >= 0.3 is 0 Å². The summed E-state index contributed by atoms with van der Waals surface area (Å²) in [5.74, 6) is -0.224. The first-order chi connectivity index (χ1) is 9.35. The largest absolute Gasteiger partial charge is 0.368 e. The van der Waals surface area contributed by atoms with E-state index in [4.69, 9.17) is 11.0 Å². The van der Waals surface area contributed by atoms with Crippen LogP contribution in [0.2, 0.25) is 0 Å². The van der Waals surface area contributed by atoms with E-state index >= 15 is 0 Å². The van der Waals surface area contributed by atoms with Crippen molar-refractivity contribution in [3.05, 3.63) is 33.9 Å². The Morgan fingerprint density at radius 3 is 2.65 bits per heavy atom. The topological polar surface area (TPSA) is 113 Å². The number of nitro groups is 1. The molecule has 1 amide bonds. The molecular weight excluding hydrogens is 260 g/mol. The second kappa shape index (κ2) is 6.52. The van der Waals surface area contributed by atoms with E-state index in [-0.39, 0.29) is 23.7 Å². The lowest BCUT2D eigenvalue weighted by Crippen LogP contribution is -2.36. The molecule has 0 aliphatic heterocycles. The van der Waals surface area contributed by atoms with Gasteiger partial charge in [0.05, 0.1) is 11.5 Å². The molecule has 0 aliphatic rings. The number of nitrogens with two attached hydrogens (primary N) is 1. The lowest BCUT2D eigenvalue weighted by atomic mass is 10.1. The number of hydrogen-bond acceptors (Lipinski definition) is 5. The standard InChI is InChI=1S/C13H16N4O3/c1-9(2)7-16(8-13(15)18)11-3-4-12(17(19)20)10(5-11)6-14/h3-5,9H,7-8H2,1-2H3,(H2,15,18). The number of rotatable bonds is 6. The summed E-state index contributed by atoms with van der Waals surface area (Å²) in [4.78, 5) is 23.0. The fourth-order valence-electron chi connectivity index (χ4n) is 1.86. The van der Waals surface area contributed by atoms with E-state index in [2.05, 4.69) is 0 Å². The van der Waals surface area contributed by atoms with E-state index < -0.39 is 10.8 Å². The summed E-state index contributed by atoms with van der Waals surface area (Å²) in [5.41, 5.74) is 5.48. The fourth-order valence-corrected chi connectivity index (χ4v) is 1.86. The first-order valence-corrected chi connectivity index (χ1v) is 6.07. The first kappa shape index (κ1) is 15.4. The van der Waals surface area contributed by atoms with Gasteiger partial charge in [-0.3, -0.25) is 14.9 Å². The van der Waals surface area contributed by atoms with Crippen LogP contribution < -0.4 is 10.6 Å². The Bertz CT molecular complexity index is 563. The maximum atomic E-state index is 11.1. The van der Waals surface area contributed by atoms with Crippen molar-refractivity contribution in [1.29, 1.82) is 5.26 Å². The Balaban J connectivity index is 3.17. The van der Waals surface area contributed by atoms with Crippen LogP contribution in [0.15, 0.2) is 18.2 Å². The van der Waals surface area contributed by atoms with Gasteiger partial charge in [0.1, 0.15) is 11.6 Å². The molecule has 0 radical (unpaired) electrons. The molecule has 1 aromatic rings. The molecule has 2 N–H and O–H groups in total. The van der Waals surface area contributed by atoms with Crippen molar-refractivity contribution in [2.45, 2.75) is 13.8 Å². The van der Waals surface area contributed by atoms with E-state index in [0.29, 0.717) is 12.2 Å². The molecule has 0 fully saturated rings. The maximum absolute atomic E-state index is 11.1. The molecular formula is C13H16N4O3. The zero-order chi connectivity index (χ0) is 15.3. The number of nitriles is 1. The summed E-state index contributed by atoms with van der Waals surface area (Å²) in [6, 6.07) is 5.98. The summed E-state index contributed by atoms with van der Waals surface area (Å²) < 4.78 is 0. The second-order valence-corrected chi connectivity index (χ2v) is 4.81. The highest BCUT2D eigenvalue weighted by atomic mass is 16.6. The number of benzene rings is 1. The number of amides is 1. The molecule has 0 aliphatic carbocycles. The van der Waals surface area contributed by atoms with Crippen molar-refractivity contribution >= 4 is 17.3 Å². The number of nitrogens with zero attached hydrogens (tertiary/aromatic N) is 3. The molecule has 7 heteroatoms. The SMILES string of the molecule is CC(C)CN(CC(N)=O)c1ccc([N+](=O)[O-])c(C#N)c1. The summed E-state index contributed by atoms with van der Waals surface area (Å²) in [6.07, 6.45) is 0. The second-order valence-electron chi connectivity index (χ2n) is 4.81. The van der Waals surface area contributed by atoms with Crippen LogP contribution in [0.1, 0.15) is 19.4 Å². The normalized spacial score (nSPS) is 10.1. The van der Waals surface area contributed by atoms with E-state index in [1.54, 1.807) is 11.0 Å². The number of carbonyl (C=O) groups is 1. The van der Waals surface area contributed by atoms with Gasteiger partial charge in [0.15, 0.2) is 0 Å². The molecule has 0 spiro atoms. The lowest BCUT2D eigenvalue weighted by Gasteiger charge is -2.25. The van der Waals surface area contributed by atoms with Gasteiger partial charge in [0.2, 0.25) is 5.91 Å². The van der Waals surface area contributed by atoms with Crippen molar-refractivity contribution in [1.82, 2.24) is 0 Å². The third-order valence-corrected chi connectivity index (χ3v) is 2.59. The van der Waals surface area contributed by atoms with Crippen LogP contribution in [0.3, 0.4) is 0 Å². The van der Waals surface area contributed by atoms with Crippen LogP contribution in [0.25, 0.3) is 0 Å². The lowest BCUT2D eigenvalue weighted by molar-refractivity contribution is -0.385. The van der Waals surface area contributed by atoms with E-state index in [1.807, 2.05) is 13.8 Å². The van der Waals surface area contributed by atoms with Crippen molar-refractivity contribution in [2.24, 2.45) is 11.7 Å². The van der Waals surface area contributed by atoms with Crippen LogP contribution in [0.4, 0.5) is 11.4 Å². The molecule has 0 unspecified atom stereocenters. The van der Waals surface area contributed by atoms with Gasteiger partial charge in [-0.05, 0) is 18.1 Å². The smallest absolute Gasteiger partial charge is 0.287 e. The first-order valence-electron chi connectivity index (χ1n) is 6.07. The predicted molar refractivity (Wildman–Crippen MR) is 74.1 cm³/mol. The molecule has 0 bridgehead atoms. The van der Waals surface area contributed by atoms with Gasteiger partial charge < -0.3 is 10.6 Å². The monoisotopic (exact) mass is 276 g/mol. The summed E-state index contributed by atoms with van der Waals surface area (Å²) >= 11 is 0. The highest BCUT2D eigenvalue weighted by Gasteiger charge is 2.17. The third kappa shape index (κ3) is 3.95. The summed E-state index contributed by atoms with van der Waals surface area (Å²) in [7, 11) is 0. The van der Waals surface area contributed by atoms with Crippen LogP contribution in [-0.4, -0.2) is 23.9 Å². The average molecular weight is 276 g/mol. The highest BCUT2D eigenvalue weighted by Crippen LogP contribution is 2.24. The Labute approximate surface area is 116 Å². The van der Waals surface area contributed by atoms with E-state index in [9.17, 15) is 14.9 Å². The quantitative estimate of drug-likeness (QED) is 0.623. The van der Waals surface area contributed by atoms with Gasteiger partial charge in [-0.2, -0.15) is 5.26 Å². The van der Waals surface area contributed by atoms with Gasteiger partial charge in [0.25, 0.3) is 5.69 Å². The molecule has 1 aromatic carbocycles. The number of anilines is 1. The van der Waals surface area contributed by atoms with Crippen molar-refractivity contribution in [3.63, 3.8) is 0 Å². The zero-order valence-corrected chi connectivity index (χ0v) is 11.4. The number of carbonyl (C=O) groups excluding carboxylic acids is 1. The zero-order valence-electron chi connectivity index (χ0n) is 11.4. The number of hydrogen-bond donors (Lipinski definition) is 1. The molecule has 7 nitrogen and oxygen atoms in total.